The fourth-order valence-corrected chi connectivity index (χ4v) is 1.46. The van der Waals surface area contributed by atoms with Crippen molar-refractivity contribution in [3.63, 3.8) is 0 Å². The average Bonchev–Trinajstić information content (AvgIpc) is 2.42. The van der Waals surface area contributed by atoms with Gasteiger partial charge in [-0.3, -0.25) is 14.9 Å². The molecule has 0 saturated carbocycles. The quantitative estimate of drug-likeness (QED) is 0.436. The molecule has 1 rings (SSSR count). The van der Waals surface area contributed by atoms with Crippen LogP contribution in [0, 0.1) is 10.1 Å². The van der Waals surface area contributed by atoms with Gasteiger partial charge in [0.05, 0.1) is 18.1 Å². The molecule has 0 aliphatic rings. The van der Waals surface area contributed by atoms with Gasteiger partial charge in [-0.15, -0.1) is 0 Å². The third-order valence-corrected chi connectivity index (χ3v) is 2.49. The van der Waals surface area contributed by atoms with E-state index in [9.17, 15) is 14.9 Å². The van der Waals surface area contributed by atoms with Gasteiger partial charge in [0.2, 0.25) is 5.91 Å². The van der Waals surface area contributed by atoms with Crippen molar-refractivity contribution >= 4 is 11.6 Å². The first-order valence-electron chi connectivity index (χ1n) is 5.80. The molecule has 0 atom stereocenters. The Balaban J connectivity index is 2.64. The molecule has 0 bridgehead atoms. The summed E-state index contributed by atoms with van der Waals surface area (Å²) in [6, 6.07) is 4.19. The van der Waals surface area contributed by atoms with E-state index < -0.39 is 4.92 Å². The Morgan fingerprint density at radius 3 is 2.84 bits per heavy atom. The summed E-state index contributed by atoms with van der Waals surface area (Å²) in [4.78, 5) is 21.3. The number of amides is 1. The third-order valence-electron chi connectivity index (χ3n) is 2.49. The van der Waals surface area contributed by atoms with Crippen LogP contribution < -0.4 is 10.1 Å². The van der Waals surface area contributed by atoms with Crippen molar-refractivity contribution in [2.45, 2.75) is 19.4 Å². The van der Waals surface area contributed by atoms with E-state index in [4.69, 9.17) is 9.84 Å². The highest BCUT2D eigenvalue weighted by atomic mass is 16.6. The number of benzene rings is 1. The minimum atomic E-state index is -0.546. The number of aliphatic hydroxyl groups is 1. The zero-order valence-corrected chi connectivity index (χ0v) is 10.6. The van der Waals surface area contributed by atoms with Crippen molar-refractivity contribution in [3.05, 3.63) is 33.9 Å². The molecule has 7 nitrogen and oxygen atoms in total. The maximum atomic E-state index is 11.0. The highest BCUT2D eigenvalue weighted by molar-refractivity contribution is 5.75. The summed E-state index contributed by atoms with van der Waals surface area (Å²) in [5.74, 6) is -0.00401. The number of nitro benzene ring substituents is 1. The van der Waals surface area contributed by atoms with Gasteiger partial charge in [0.25, 0.3) is 0 Å². The topological polar surface area (TPSA) is 102 Å². The first-order valence-corrected chi connectivity index (χ1v) is 5.80. The molecule has 2 N–H and O–H groups in total. The predicted molar refractivity (Wildman–Crippen MR) is 67.8 cm³/mol. The fourth-order valence-electron chi connectivity index (χ4n) is 1.46. The molecule has 0 aliphatic heterocycles. The molecule has 0 unspecified atom stereocenters. The van der Waals surface area contributed by atoms with Crippen molar-refractivity contribution in [2.75, 3.05) is 13.7 Å². The van der Waals surface area contributed by atoms with Gasteiger partial charge in [0.15, 0.2) is 5.75 Å². The summed E-state index contributed by atoms with van der Waals surface area (Å²) >= 11 is 0. The fraction of sp³-hybridized carbons (Fsp3) is 0.417. The van der Waals surface area contributed by atoms with E-state index in [1.165, 1.54) is 18.2 Å². The lowest BCUT2D eigenvalue weighted by Crippen LogP contribution is -2.18. The maximum Gasteiger partial charge on any atom is 0.310 e. The van der Waals surface area contributed by atoms with Crippen molar-refractivity contribution in [2.24, 2.45) is 0 Å². The highest BCUT2D eigenvalue weighted by Gasteiger charge is 2.15. The summed E-state index contributed by atoms with van der Waals surface area (Å²) in [7, 11) is 1.54. The molecule has 0 aliphatic carbocycles. The smallest absolute Gasteiger partial charge is 0.310 e. The van der Waals surface area contributed by atoms with Gasteiger partial charge in [0.1, 0.15) is 0 Å². The monoisotopic (exact) mass is 268 g/mol. The molecule has 1 aromatic carbocycles. The number of carbonyl (C=O) groups excluding carboxylic acids is 1. The Labute approximate surface area is 110 Å². The van der Waals surface area contributed by atoms with Crippen molar-refractivity contribution in [1.82, 2.24) is 5.32 Å². The first-order chi connectivity index (χ1) is 9.08. The molecule has 7 heteroatoms. The lowest BCUT2D eigenvalue weighted by Gasteiger charge is -2.07. The summed E-state index contributed by atoms with van der Waals surface area (Å²) in [6.07, 6.45) is 0.754. The number of rotatable bonds is 7. The summed E-state index contributed by atoms with van der Waals surface area (Å²) in [5.41, 5.74) is 0.379. The van der Waals surface area contributed by atoms with Gasteiger partial charge in [-0.1, -0.05) is 0 Å². The number of hydrogen-bond acceptors (Lipinski definition) is 5. The molecule has 104 valence electrons. The number of aliphatic hydroxyl groups excluding tert-OH is 1. The second-order valence-corrected chi connectivity index (χ2v) is 3.84. The largest absolute Gasteiger partial charge is 0.487 e. The number of ether oxygens (including phenoxy) is 1. The van der Waals surface area contributed by atoms with Crippen molar-refractivity contribution in [1.29, 1.82) is 0 Å². The average molecular weight is 268 g/mol. The molecular formula is C12H16N2O5. The van der Waals surface area contributed by atoms with Crippen LogP contribution in [0.1, 0.15) is 18.4 Å². The molecule has 0 aromatic heterocycles. The summed E-state index contributed by atoms with van der Waals surface area (Å²) in [6.45, 7) is -0.0181. The van der Waals surface area contributed by atoms with Crippen LogP contribution in [0.4, 0.5) is 5.69 Å². The Morgan fingerprint density at radius 2 is 2.26 bits per heavy atom. The lowest BCUT2D eigenvalue weighted by atomic mass is 10.2. The normalized spacial score (nSPS) is 10.0. The SMILES string of the molecule is CNC(=O)CCCOc1cc(CO)ccc1[N+](=O)[O-]. The van der Waals surface area contributed by atoms with Crippen LogP contribution in [-0.4, -0.2) is 29.6 Å². The van der Waals surface area contributed by atoms with Crippen LogP contribution in [0.2, 0.25) is 0 Å². The number of nitro groups is 1. The lowest BCUT2D eigenvalue weighted by molar-refractivity contribution is -0.385. The maximum absolute atomic E-state index is 11.0. The Kier molecular flexibility index (Phi) is 5.74. The van der Waals surface area contributed by atoms with E-state index in [1.807, 2.05) is 0 Å². The zero-order chi connectivity index (χ0) is 14.3. The third kappa shape index (κ3) is 4.55. The molecular weight excluding hydrogens is 252 g/mol. The van der Waals surface area contributed by atoms with E-state index in [0.29, 0.717) is 18.4 Å². The molecule has 0 radical (unpaired) electrons. The Morgan fingerprint density at radius 1 is 1.53 bits per heavy atom. The van der Waals surface area contributed by atoms with Gasteiger partial charge in [0, 0.05) is 19.5 Å². The highest BCUT2D eigenvalue weighted by Crippen LogP contribution is 2.28. The van der Waals surface area contributed by atoms with E-state index in [2.05, 4.69) is 5.32 Å². The van der Waals surface area contributed by atoms with Gasteiger partial charge in [-0.05, 0) is 24.1 Å². The van der Waals surface area contributed by atoms with Crippen LogP contribution in [-0.2, 0) is 11.4 Å². The Hall–Kier alpha value is -2.15. The molecule has 1 amide bonds. The van der Waals surface area contributed by atoms with Crippen molar-refractivity contribution < 1.29 is 19.6 Å². The number of hydrogen-bond donors (Lipinski definition) is 2. The molecule has 0 fully saturated rings. The number of nitrogens with zero attached hydrogens (tertiary/aromatic N) is 1. The number of nitrogens with one attached hydrogen (secondary N) is 1. The standard InChI is InChI=1S/C12H16N2O5/c1-13-12(16)3-2-6-19-11-7-9(8-15)4-5-10(11)14(17)18/h4-5,7,15H,2-3,6,8H2,1H3,(H,13,16). The van der Waals surface area contributed by atoms with Crippen LogP contribution in [0.15, 0.2) is 18.2 Å². The van der Waals surface area contributed by atoms with Crippen LogP contribution in [0.5, 0.6) is 5.75 Å². The van der Waals surface area contributed by atoms with Gasteiger partial charge < -0.3 is 15.2 Å². The molecule has 1 aromatic rings. The van der Waals surface area contributed by atoms with E-state index in [-0.39, 0.29) is 30.6 Å². The predicted octanol–water partition coefficient (Wildman–Crippen LogP) is 0.992. The van der Waals surface area contributed by atoms with Gasteiger partial charge >= 0.3 is 5.69 Å². The second-order valence-electron chi connectivity index (χ2n) is 3.84. The van der Waals surface area contributed by atoms with Gasteiger partial charge in [-0.2, -0.15) is 0 Å². The summed E-state index contributed by atoms with van der Waals surface area (Å²) < 4.78 is 5.30. The van der Waals surface area contributed by atoms with E-state index in [0.717, 1.165) is 0 Å². The number of carbonyl (C=O) groups is 1. The summed E-state index contributed by atoms with van der Waals surface area (Å²) in [5, 5.41) is 22.3. The van der Waals surface area contributed by atoms with Gasteiger partial charge in [-0.25, -0.2) is 0 Å². The molecule has 0 saturated heterocycles. The zero-order valence-electron chi connectivity index (χ0n) is 10.6. The van der Waals surface area contributed by atoms with E-state index >= 15 is 0 Å². The van der Waals surface area contributed by atoms with Crippen molar-refractivity contribution in [3.8, 4) is 5.75 Å². The Bertz CT molecular complexity index is 461. The minimum absolute atomic E-state index is 0.105. The van der Waals surface area contributed by atoms with Crippen LogP contribution in [0.3, 0.4) is 0 Å². The molecule has 0 heterocycles. The first kappa shape index (κ1) is 14.9. The molecule has 0 spiro atoms. The second kappa shape index (κ2) is 7.32. The molecule has 19 heavy (non-hydrogen) atoms. The van der Waals surface area contributed by atoms with Crippen LogP contribution in [0.25, 0.3) is 0 Å². The minimum Gasteiger partial charge on any atom is -0.487 e. The van der Waals surface area contributed by atoms with Crippen LogP contribution >= 0.6 is 0 Å². The van der Waals surface area contributed by atoms with E-state index in [1.54, 1.807) is 7.05 Å².